The smallest absolute Gasteiger partial charge is 0.322 e. The number of nitrogens with zero attached hydrogens (tertiary/aromatic N) is 1. The van der Waals surface area contributed by atoms with E-state index in [1.807, 2.05) is 18.2 Å². The number of nitriles is 1. The van der Waals surface area contributed by atoms with Gasteiger partial charge in [-0.15, -0.1) is 11.8 Å². The van der Waals surface area contributed by atoms with Crippen molar-refractivity contribution >= 4 is 29.3 Å². The molecule has 26 heavy (non-hydrogen) atoms. The minimum Gasteiger partial charge on any atom is -0.465 e. The predicted molar refractivity (Wildman–Crippen MR) is 102 cm³/mol. The molecule has 6 heteroatoms. The van der Waals surface area contributed by atoms with Crippen molar-refractivity contribution < 1.29 is 14.6 Å². The van der Waals surface area contributed by atoms with Crippen LogP contribution >= 0.6 is 23.4 Å². The lowest BCUT2D eigenvalue weighted by Gasteiger charge is -2.31. The summed E-state index contributed by atoms with van der Waals surface area (Å²) < 4.78 is 5.19. The highest BCUT2D eigenvalue weighted by atomic mass is 35.5. The van der Waals surface area contributed by atoms with Gasteiger partial charge in [-0.05, 0) is 30.2 Å². The van der Waals surface area contributed by atoms with Gasteiger partial charge in [-0.1, -0.05) is 54.1 Å². The Morgan fingerprint density at radius 1 is 1.27 bits per heavy atom. The maximum atomic E-state index is 12.6. The van der Waals surface area contributed by atoms with Gasteiger partial charge in [0.05, 0.1) is 18.6 Å². The summed E-state index contributed by atoms with van der Waals surface area (Å²) in [5.74, 6) is -1.33. The van der Waals surface area contributed by atoms with Crippen LogP contribution in [0.3, 0.4) is 0 Å². The summed E-state index contributed by atoms with van der Waals surface area (Å²) >= 11 is 7.23. The number of carbonyl (C=O) groups is 1. The third kappa shape index (κ3) is 3.21. The first-order valence-electron chi connectivity index (χ1n) is 8.27. The third-order valence-corrected chi connectivity index (χ3v) is 6.45. The highest BCUT2D eigenvalue weighted by Crippen LogP contribution is 2.58. The Bertz CT molecular complexity index is 821. The molecule has 0 bridgehead atoms. The van der Waals surface area contributed by atoms with Crippen LogP contribution in [0.4, 0.5) is 0 Å². The van der Waals surface area contributed by atoms with Crippen molar-refractivity contribution in [2.45, 2.75) is 23.0 Å². The molecule has 1 heterocycles. The Labute approximate surface area is 161 Å². The van der Waals surface area contributed by atoms with E-state index < -0.39 is 22.7 Å². The quantitative estimate of drug-likeness (QED) is 0.800. The molecule has 4 atom stereocenters. The maximum absolute atomic E-state index is 12.6. The van der Waals surface area contributed by atoms with Crippen LogP contribution in [-0.2, 0) is 15.1 Å². The van der Waals surface area contributed by atoms with E-state index in [0.29, 0.717) is 10.6 Å². The number of rotatable bonds is 4. The molecule has 2 aromatic carbocycles. The number of thioether (sulfide) groups is 1. The molecule has 0 saturated carbocycles. The van der Waals surface area contributed by atoms with Crippen molar-refractivity contribution in [1.29, 1.82) is 5.26 Å². The lowest BCUT2D eigenvalue weighted by atomic mass is 9.76. The number of hydrogen-bond donors (Lipinski definition) is 1. The van der Waals surface area contributed by atoms with Gasteiger partial charge in [0.15, 0.2) is 0 Å². The number of carbonyl (C=O) groups excluding carboxylic acids is 1. The molecule has 2 aromatic rings. The highest BCUT2D eigenvalue weighted by molar-refractivity contribution is 8.01. The van der Waals surface area contributed by atoms with E-state index in [4.69, 9.17) is 16.3 Å². The number of esters is 1. The molecule has 1 aliphatic heterocycles. The van der Waals surface area contributed by atoms with Crippen LogP contribution in [0.5, 0.6) is 0 Å². The Kier molecular flexibility index (Phi) is 5.57. The standard InChI is InChI=1S/C20H18ClNO3S/c1-2-25-19(23)18-20(24,14-6-4-3-5-7-14)16(12-22)17(26-18)13-8-10-15(21)11-9-13/h3-11,16-18,24H,2H2,1H3/t16-,17-,18-,20+/m1/s1. The first-order valence-corrected chi connectivity index (χ1v) is 9.59. The fraction of sp³-hybridized carbons (Fsp3) is 0.300. The van der Waals surface area contributed by atoms with Gasteiger partial charge >= 0.3 is 5.97 Å². The normalized spacial score (nSPS) is 27.7. The molecule has 0 aliphatic carbocycles. The lowest BCUT2D eigenvalue weighted by Crippen LogP contribution is -2.44. The number of hydrogen-bond acceptors (Lipinski definition) is 5. The van der Waals surface area contributed by atoms with Gasteiger partial charge in [0.25, 0.3) is 0 Å². The average Bonchev–Trinajstić information content (AvgIpc) is 2.97. The van der Waals surface area contributed by atoms with Gasteiger partial charge in [0.2, 0.25) is 0 Å². The van der Waals surface area contributed by atoms with E-state index in [9.17, 15) is 15.2 Å². The second-order valence-electron chi connectivity index (χ2n) is 6.04. The minimum atomic E-state index is -1.64. The predicted octanol–water partition coefficient (Wildman–Crippen LogP) is 4.09. The van der Waals surface area contributed by atoms with Crippen molar-refractivity contribution in [3.63, 3.8) is 0 Å². The van der Waals surface area contributed by atoms with Gasteiger partial charge in [-0.2, -0.15) is 5.26 Å². The SMILES string of the molecule is CCOC(=O)[C@H]1S[C@H](c2ccc(Cl)cc2)[C@@H](C#N)[C@@]1(O)c1ccccc1. The van der Waals surface area contributed by atoms with Gasteiger partial charge in [-0.3, -0.25) is 4.79 Å². The van der Waals surface area contributed by atoms with Crippen LogP contribution in [-0.4, -0.2) is 22.9 Å². The molecule has 1 N–H and O–H groups in total. The Balaban J connectivity index is 2.10. The van der Waals surface area contributed by atoms with Gasteiger partial charge in [0, 0.05) is 10.3 Å². The van der Waals surface area contributed by atoms with Crippen LogP contribution < -0.4 is 0 Å². The Hall–Kier alpha value is -2.00. The van der Waals surface area contributed by atoms with Crippen molar-refractivity contribution in [3.8, 4) is 6.07 Å². The fourth-order valence-electron chi connectivity index (χ4n) is 3.30. The number of benzene rings is 2. The van der Waals surface area contributed by atoms with Crippen molar-refractivity contribution in [2.24, 2.45) is 5.92 Å². The average molecular weight is 388 g/mol. The molecule has 4 nitrogen and oxygen atoms in total. The fourth-order valence-corrected chi connectivity index (χ4v) is 5.13. The number of halogens is 1. The van der Waals surface area contributed by atoms with E-state index in [-0.39, 0.29) is 11.9 Å². The second-order valence-corrected chi connectivity index (χ2v) is 7.73. The van der Waals surface area contributed by atoms with Crippen LogP contribution in [0.15, 0.2) is 54.6 Å². The van der Waals surface area contributed by atoms with E-state index in [1.165, 1.54) is 11.8 Å². The van der Waals surface area contributed by atoms with Crippen LogP contribution in [0, 0.1) is 17.2 Å². The minimum absolute atomic E-state index is 0.212. The molecule has 1 aliphatic rings. The van der Waals surface area contributed by atoms with E-state index in [1.54, 1.807) is 43.3 Å². The summed E-state index contributed by atoms with van der Waals surface area (Å²) in [7, 11) is 0. The van der Waals surface area contributed by atoms with Crippen LogP contribution in [0.2, 0.25) is 5.02 Å². The monoisotopic (exact) mass is 387 g/mol. The van der Waals surface area contributed by atoms with E-state index in [2.05, 4.69) is 6.07 Å². The summed E-state index contributed by atoms with van der Waals surface area (Å²) in [5.41, 5.74) is -0.266. The molecule has 0 radical (unpaired) electrons. The summed E-state index contributed by atoms with van der Waals surface area (Å²) in [6.07, 6.45) is 0. The van der Waals surface area contributed by atoms with Gasteiger partial charge in [-0.25, -0.2) is 0 Å². The molecule has 1 saturated heterocycles. The highest BCUT2D eigenvalue weighted by Gasteiger charge is 2.60. The molecule has 0 amide bonds. The largest absolute Gasteiger partial charge is 0.465 e. The summed E-state index contributed by atoms with van der Waals surface area (Å²) in [6.45, 7) is 1.93. The first-order chi connectivity index (χ1) is 12.5. The molecule has 3 rings (SSSR count). The zero-order chi connectivity index (χ0) is 18.7. The molecular formula is C20H18ClNO3S. The molecular weight excluding hydrogens is 370 g/mol. The van der Waals surface area contributed by atoms with Crippen molar-refractivity contribution in [1.82, 2.24) is 0 Å². The maximum Gasteiger partial charge on any atom is 0.322 e. The molecule has 0 spiro atoms. The molecule has 0 aromatic heterocycles. The molecule has 134 valence electrons. The zero-order valence-electron chi connectivity index (χ0n) is 14.1. The second kappa shape index (κ2) is 7.71. The summed E-state index contributed by atoms with van der Waals surface area (Å²) in [6, 6.07) is 18.2. The van der Waals surface area contributed by atoms with Crippen molar-refractivity contribution in [2.75, 3.05) is 6.61 Å². The van der Waals surface area contributed by atoms with E-state index >= 15 is 0 Å². The number of aliphatic hydroxyl groups is 1. The molecule has 1 fully saturated rings. The summed E-state index contributed by atoms with van der Waals surface area (Å²) in [5, 5.41) is 20.8. The molecule has 0 unspecified atom stereocenters. The Morgan fingerprint density at radius 2 is 1.92 bits per heavy atom. The number of ether oxygens (including phenoxy) is 1. The van der Waals surface area contributed by atoms with Gasteiger partial charge < -0.3 is 9.84 Å². The van der Waals surface area contributed by atoms with Crippen LogP contribution in [0.1, 0.15) is 23.3 Å². The summed E-state index contributed by atoms with van der Waals surface area (Å²) in [4.78, 5) is 12.6. The van der Waals surface area contributed by atoms with Crippen LogP contribution in [0.25, 0.3) is 0 Å². The van der Waals surface area contributed by atoms with Crippen molar-refractivity contribution in [3.05, 3.63) is 70.7 Å². The first kappa shape index (κ1) is 18.8. The third-order valence-electron chi connectivity index (χ3n) is 4.53. The topological polar surface area (TPSA) is 70.3 Å². The van der Waals surface area contributed by atoms with Gasteiger partial charge in [0.1, 0.15) is 10.9 Å². The van der Waals surface area contributed by atoms with E-state index in [0.717, 1.165) is 5.56 Å². The Morgan fingerprint density at radius 3 is 2.50 bits per heavy atom. The zero-order valence-corrected chi connectivity index (χ0v) is 15.7. The lowest BCUT2D eigenvalue weighted by molar-refractivity contribution is -0.148.